The van der Waals surface area contributed by atoms with Crippen molar-refractivity contribution >= 4 is 34.7 Å². The van der Waals surface area contributed by atoms with E-state index in [9.17, 15) is 9.59 Å². The van der Waals surface area contributed by atoms with E-state index in [4.69, 9.17) is 16.3 Å². The summed E-state index contributed by atoms with van der Waals surface area (Å²) in [4.78, 5) is 28.2. The molecule has 1 N–H and O–H groups in total. The lowest BCUT2D eigenvalue weighted by molar-refractivity contribution is -0.139. The Balaban J connectivity index is 1.46. The first-order valence-electron chi connectivity index (χ1n) is 11.7. The Morgan fingerprint density at radius 3 is 2.54 bits per heavy atom. The van der Waals surface area contributed by atoms with E-state index >= 15 is 0 Å². The van der Waals surface area contributed by atoms with E-state index in [0.29, 0.717) is 29.0 Å². The number of allylic oxidation sites excluding steroid dienone is 3. The minimum atomic E-state index is -0.482. The molecule has 0 bridgehead atoms. The van der Waals surface area contributed by atoms with Crippen LogP contribution in [0.1, 0.15) is 47.6 Å². The van der Waals surface area contributed by atoms with Gasteiger partial charge >= 0.3 is 5.97 Å². The maximum Gasteiger partial charge on any atom is 0.336 e. The molecule has 0 amide bonds. The summed E-state index contributed by atoms with van der Waals surface area (Å²) < 4.78 is 5.73. The molecule has 178 valence electrons. The molecule has 2 atom stereocenters. The van der Waals surface area contributed by atoms with Crippen molar-refractivity contribution in [2.24, 2.45) is 0 Å². The zero-order valence-electron chi connectivity index (χ0n) is 19.4. The van der Waals surface area contributed by atoms with Crippen LogP contribution in [-0.2, 0) is 20.7 Å². The van der Waals surface area contributed by atoms with Crippen molar-refractivity contribution in [1.82, 2.24) is 5.32 Å². The molecule has 6 heteroatoms. The van der Waals surface area contributed by atoms with Crippen molar-refractivity contribution in [1.29, 1.82) is 0 Å². The summed E-state index contributed by atoms with van der Waals surface area (Å²) in [5.74, 6) is -0.666. The van der Waals surface area contributed by atoms with E-state index < -0.39 is 11.9 Å². The molecule has 2 aliphatic rings. The monoisotopic (exact) mass is 503 g/mol. The summed E-state index contributed by atoms with van der Waals surface area (Å²) >= 11 is 7.83. The quantitative estimate of drug-likeness (QED) is 0.387. The van der Waals surface area contributed by atoms with E-state index in [1.807, 2.05) is 60.8 Å². The number of Topliss-reactive ketones (excluding diaryl/α,β-unsaturated/α-hetero) is 1. The molecule has 0 radical (unpaired) electrons. The van der Waals surface area contributed by atoms with Crippen LogP contribution in [0.5, 0.6) is 0 Å². The summed E-state index contributed by atoms with van der Waals surface area (Å²) in [5.41, 5.74) is 4.75. The van der Waals surface area contributed by atoms with Gasteiger partial charge in [0.15, 0.2) is 5.78 Å². The molecule has 2 heterocycles. The van der Waals surface area contributed by atoms with E-state index in [2.05, 4.69) is 11.4 Å². The predicted octanol–water partition coefficient (Wildman–Crippen LogP) is 6.55. The van der Waals surface area contributed by atoms with Crippen LogP contribution in [0.4, 0.5) is 0 Å². The third-order valence-corrected chi connectivity index (χ3v) is 7.95. The Kier molecular flexibility index (Phi) is 6.89. The van der Waals surface area contributed by atoms with Crippen LogP contribution in [-0.4, -0.2) is 18.4 Å². The molecule has 0 saturated carbocycles. The van der Waals surface area contributed by atoms with Gasteiger partial charge in [0.2, 0.25) is 0 Å². The normalized spacial score (nSPS) is 19.9. The first kappa shape index (κ1) is 23.6. The lowest BCUT2D eigenvalue weighted by atomic mass is 9.72. The molecule has 2 aromatic carbocycles. The first-order valence-corrected chi connectivity index (χ1v) is 13.0. The number of halogens is 1. The number of ether oxygens (including phenoxy) is 1. The number of rotatable bonds is 6. The number of carbonyl (C=O) groups is 2. The number of thiophene rings is 1. The highest BCUT2D eigenvalue weighted by atomic mass is 35.5. The summed E-state index contributed by atoms with van der Waals surface area (Å²) in [6.07, 6.45) is 1.80. The van der Waals surface area contributed by atoms with E-state index in [1.54, 1.807) is 23.5 Å². The second kappa shape index (κ2) is 10.2. The SMILES string of the molecule is CC1=C(C(=O)OCCc2ccccc2)[C@@H](c2ccc(Cl)cc2)C2=C(C[C@@H](c3cccs3)CC2=O)N1. The molecule has 35 heavy (non-hydrogen) atoms. The topological polar surface area (TPSA) is 55.4 Å². The Labute approximate surface area is 214 Å². The minimum Gasteiger partial charge on any atom is -0.462 e. The second-order valence-electron chi connectivity index (χ2n) is 8.96. The standard InChI is InChI=1S/C29H26ClNO3S/c1-18-26(29(33)34-14-13-19-6-3-2-4-7-19)27(20-9-11-22(30)12-10-20)28-23(31-18)16-21(17-24(28)32)25-8-5-15-35-25/h2-12,15,21,27,31H,13-14,16-17H2,1H3/t21-,27-/m1/s1. The fourth-order valence-corrected chi connectivity index (χ4v) is 5.96. The van der Waals surface area contributed by atoms with Gasteiger partial charge in [0, 0.05) is 51.5 Å². The van der Waals surface area contributed by atoms with Crippen molar-refractivity contribution in [3.63, 3.8) is 0 Å². The minimum absolute atomic E-state index is 0.0687. The molecule has 0 saturated heterocycles. The highest BCUT2D eigenvalue weighted by Gasteiger charge is 2.41. The number of dihydropyridines is 1. The number of esters is 1. The van der Waals surface area contributed by atoms with Gasteiger partial charge in [-0.1, -0.05) is 60.1 Å². The highest BCUT2D eigenvalue weighted by Crippen LogP contribution is 2.46. The number of nitrogens with one attached hydrogen (secondary N) is 1. The van der Waals surface area contributed by atoms with Crippen molar-refractivity contribution < 1.29 is 14.3 Å². The molecule has 0 unspecified atom stereocenters. The van der Waals surface area contributed by atoms with Crippen LogP contribution < -0.4 is 5.32 Å². The molecule has 1 aromatic heterocycles. The van der Waals surface area contributed by atoms with Gasteiger partial charge in [-0.05, 0) is 48.1 Å². The Morgan fingerprint density at radius 1 is 1.06 bits per heavy atom. The van der Waals surface area contributed by atoms with Crippen LogP contribution >= 0.6 is 22.9 Å². The average molecular weight is 504 g/mol. The number of benzene rings is 2. The summed E-state index contributed by atoms with van der Waals surface area (Å²) in [6, 6.07) is 21.4. The van der Waals surface area contributed by atoms with E-state index in [-0.39, 0.29) is 18.3 Å². The molecule has 0 spiro atoms. The van der Waals surface area contributed by atoms with Gasteiger partial charge in [-0.3, -0.25) is 4.79 Å². The highest BCUT2D eigenvalue weighted by molar-refractivity contribution is 7.10. The maximum absolute atomic E-state index is 13.6. The van der Waals surface area contributed by atoms with Gasteiger partial charge in [-0.2, -0.15) is 0 Å². The van der Waals surface area contributed by atoms with E-state index in [0.717, 1.165) is 28.9 Å². The predicted molar refractivity (Wildman–Crippen MR) is 139 cm³/mol. The van der Waals surface area contributed by atoms with Crippen molar-refractivity contribution in [3.8, 4) is 0 Å². The number of ketones is 1. The smallest absolute Gasteiger partial charge is 0.336 e. The third-order valence-electron chi connectivity index (χ3n) is 6.66. The molecule has 1 aliphatic heterocycles. The van der Waals surface area contributed by atoms with Gasteiger partial charge in [0.25, 0.3) is 0 Å². The van der Waals surface area contributed by atoms with Gasteiger partial charge < -0.3 is 10.1 Å². The average Bonchev–Trinajstić information content (AvgIpc) is 3.39. The second-order valence-corrected chi connectivity index (χ2v) is 10.4. The van der Waals surface area contributed by atoms with Gasteiger partial charge in [-0.15, -0.1) is 11.3 Å². The molecular weight excluding hydrogens is 478 g/mol. The van der Waals surface area contributed by atoms with Crippen molar-refractivity contribution in [3.05, 3.63) is 116 Å². The molecule has 4 nitrogen and oxygen atoms in total. The Hall–Kier alpha value is -3.15. The fourth-order valence-electron chi connectivity index (χ4n) is 5.01. The molecule has 3 aromatic rings. The number of carbonyl (C=O) groups excluding carboxylic acids is 2. The van der Waals surface area contributed by atoms with Gasteiger partial charge in [0.1, 0.15) is 0 Å². The summed E-state index contributed by atoms with van der Waals surface area (Å²) in [5, 5.41) is 6.06. The molecular formula is C29H26ClNO3S. The largest absolute Gasteiger partial charge is 0.462 e. The van der Waals surface area contributed by atoms with Crippen LogP contribution in [0.3, 0.4) is 0 Å². The van der Waals surface area contributed by atoms with Crippen LogP contribution in [0, 0.1) is 0 Å². The van der Waals surface area contributed by atoms with E-state index in [1.165, 1.54) is 4.88 Å². The van der Waals surface area contributed by atoms with Crippen molar-refractivity contribution in [2.75, 3.05) is 6.61 Å². The number of hydrogen-bond donors (Lipinski definition) is 1. The molecule has 0 fully saturated rings. The summed E-state index contributed by atoms with van der Waals surface area (Å²) in [6.45, 7) is 2.16. The van der Waals surface area contributed by atoms with Gasteiger partial charge in [0.05, 0.1) is 12.2 Å². The van der Waals surface area contributed by atoms with Gasteiger partial charge in [-0.25, -0.2) is 4.79 Å². The third kappa shape index (κ3) is 4.97. The Morgan fingerprint density at radius 2 is 1.83 bits per heavy atom. The first-order chi connectivity index (χ1) is 17.0. The van der Waals surface area contributed by atoms with Crippen molar-refractivity contribution in [2.45, 2.75) is 38.0 Å². The lowest BCUT2D eigenvalue weighted by Crippen LogP contribution is -2.36. The maximum atomic E-state index is 13.6. The fraction of sp³-hybridized carbons (Fsp3) is 0.241. The lowest BCUT2D eigenvalue weighted by Gasteiger charge is -2.36. The van der Waals surface area contributed by atoms with Crippen LogP contribution in [0.15, 0.2) is 94.7 Å². The number of hydrogen-bond acceptors (Lipinski definition) is 5. The zero-order valence-corrected chi connectivity index (χ0v) is 21.0. The molecule has 5 rings (SSSR count). The summed E-state index contributed by atoms with van der Waals surface area (Å²) in [7, 11) is 0. The zero-order chi connectivity index (χ0) is 24.4. The van der Waals surface area contributed by atoms with Crippen LogP contribution in [0.25, 0.3) is 0 Å². The Bertz CT molecular complexity index is 1290. The molecule has 1 aliphatic carbocycles. The van der Waals surface area contributed by atoms with Crippen LogP contribution in [0.2, 0.25) is 5.02 Å².